The Morgan fingerprint density at radius 3 is 2.00 bits per heavy atom. The lowest BCUT2D eigenvalue weighted by Gasteiger charge is -2.06. The Balaban J connectivity index is 1.65. The molecule has 154 valence electrons. The van der Waals surface area contributed by atoms with Gasteiger partial charge in [-0.1, -0.05) is 0 Å². The highest BCUT2D eigenvalue weighted by molar-refractivity contribution is 14.1. The molecule has 6 heteroatoms. The molecule has 0 spiro atoms. The van der Waals surface area contributed by atoms with Gasteiger partial charge >= 0.3 is 0 Å². The quantitative estimate of drug-likeness (QED) is 0.217. The number of H-pyrrole nitrogens is 2. The predicted molar refractivity (Wildman–Crippen MR) is 138 cm³/mol. The van der Waals surface area contributed by atoms with E-state index >= 15 is 0 Å². The third-order valence-electron chi connectivity index (χ3n) is 5.41. The number of aromatic hydroxyl groups is 1. The van der Waals surface area contributed by atoms with Crippen molar-refractivity contribution in [3.05, 3.63) is 98.6 Å². The zero-order chi connectivity index (χ0) is 21.7. The summed E-state index contributed by atoms with van der Waals surface area (Å²) in [6, 6.07) is 21.7. The number of halogens is 1. The Bertz CT molecular complexity index is 1610. The second kappa shape index (κ2) is 7.49. The maximum absolute atomic E-state index is 10.1. The summed E-state index contributed by atoms with van der Waals surface area (Å²) in [5, 5.41) is 10.1. The molecule has 3 aromatic heterocycles. The van der Waals surface area contributed by atoms with Gasteiger partial charge in [0.2, 0.25) is 0 Å². The smallest absolute Gasteiger partial charge is 0.116 e. The molecule has 5 nitrogen and oxygen atoms in total. The molecular formula is C26H17IN4O. The second-order valence-corrected chi connectivity index (χ2v) is 8.92. The van der Waals surface area contributed by atoms with E-state index in [1.54, 1.807) is 12.1 Å². The lowest BCUT2D eigenvalue weighted by Crippen LogP contribution is -1.90. The maximum Gasteiger partial charge on any atom is 0.116 e. The summed E-state index contributed by atoms with van der Waals surface area (Å²) >= 11 is 2.29. The fourth-order valence-electron chi connectivity index (χ4n) is 3.95. The molecule has 0 aliphatic carbocycles. The molecule has 6 rings (SSSR count). The van der Waals surface area contributed by atoms with Gasteiger partial charge in [-0.15, -0.1) is 0 Å². The Morgan fingerprint density at radius 2 is 1.28 bits per heavy atom. The highest BCUT2D eigenvalue weighted by Crippen LogP contribution is 2.33. The van der Waals surface area contributed by atoms with E-state index in [0.29, 0.717) is 0 Å². The molecule has 4 aromatic rings. The first-order valence-electron chi connectivity index (χ1n) is 10.2. The van der Waals surface area contributed by atoms with E-state index in [4.69, 9.17) is 9.97 Å². The summed E-state index contributed by atoms with van der Waals surface area (Å²) in [6.45, 7) is 0. The Kier molecular flexibility index (Phi) is 4.46. The highest BCUT2D eigenvalue weighted by Gasteiger charge is 2.16. The van der Waals surface area contributed by atoms with Gasteiger partial charge < -0.3 is 15.1 Å². The fourth-order valence-corrected chi connectivity index (χ4v) is 4.58. The molecule has 2 aliphatic heterocycles. The van der Waals surface area contributed by atoms with E-state index < -0.39 is 0 Å². The minimum absolute atomic E-state index is 0.231. The van der Waals surface area contributed by atoms with Gasteiger partial charge in [-0.25, -0.2) is 9.97 Å². The van der Waals surface area contributed by atoms with Crippen LogP contribution in [-0.2, 0) is 0 Å². The Morgan fingerprint density at radius 1 is 0.656 bits per heavy atom. The SMILES string of the molecule is Oc1ccc(I)c(C2=Cc3cc4ccc(cc5ccc(cc6nc(cc2n3)C=C6)[nH]5)[nH]4)c1. The lowest BCUT2D eigenvalue weighted by atomic mass is 10.0. The molecule has 0 radical (unpaired) electrons. The minimum atomic E-state index is 0.231. The first kappa shape index (κ1) is 19.1. The van der Waals surface area contributed by atoms with Crippen LogP contribution in [0.15, 0.2) is 66.7 Å². The molecule has 3 N–H and O–H groups in total. The number of rotatable bonds is 1. The number of phenols is 1. The number of nitrogens with zero attached hydrogens (tertiary/aromatic N) is 2. The molecule has 0 amide bonds. The summed E-state index contributed by atoms with van der Waals surface area (Å²) < 4.78 is 1.04. The van der Waals surface area contributed by atoms with E-state index in [1.807, 2.05) is 54.6 Å². The fraction of sp³-hybridized carbons (Fsp3) is 0. The zero-order valence-corrected chi connectivity index (χ0v) is 19.0. The van der Waals surface area contributed by atoms with Crippen LogP contribution in [0.4, 0.5) is 0 Å². The first-order valence-corrected chi connectivity index (χ1v) is 11.2. The van der Waals surface area contributed by atoms with Crippen LogP contribution in [0.2, 0.25) is 0 Å². The molecule has 0 fully saturated rings. The Labute approximate surface area is 197 Å². The van der Waals surface area contributed by atoms with E-state index in [1.165, 1.54) is 0 Å². The van der Waals surface area contributed by atoms with Gasteiger partial charge in [0.05, 0.1) is 22.8 Å². The van der Waals surface area contributed by atoms with E-state index in [0.717, 1.165) is 59.5 Å². The number of hydrogen-bond acceptors (Lipinski definition) is 3. The average molecular weight is 528 g/mol. The molecule has 1 aromatic carbocycles. The van der Waals surface area contributed by atoms with Crippen molar-refractivity contribution in [2.24, 2.45) is 0 Å². The van der Waals surface area contributed by atoms with Gasteiger partial charge in [-0.3, -0.25) is 0 Å². The average Bonchev–Trinajstić information content (AvgIpc) is 3.55. The van der Waals surface area contributed by atoms with Gasteiger partial charge in [0, 0.05) is 36.8 Å². The predicted octanol–water partition coefficient (Wildman–Crippen LogP) is 6.38. The van der Waals surface area contributed by atoms with Crippen molar-refractivity contribution in [3.63, 3.8) is 0 Å². The summed E-state index contributed by atoms with van der Waals surface area (Å²) in [7, 11) is 0. The van der Waals surface area contributed by atoms with Crippen LogP contribution in [-0.4, -0.2) is 25.0 Å². The van der Waals surface area contributed by atoms with E-state index in [2.05, 4.69) is 50.8 Å². The third kappa shape index (κ3) is 3.62. The molecule has 5 heterocycles. The number of nitrogens with one attached hydrogen (secondary N) is 2. The zero-order valence-electron chi connectivity index (χ0n) is 16.8. The van der Waals surface area contributed by atoms with Crippen LogP contribution in [0.25, 0.3) is 45.9 Å². The number of aromatic nitrogens is 4. The number of benzene rings is 1. The summed E-state index contributed by atoms with van der Waals surface area (Å²) in [5.74, 6) is 0.231. The minimum Gasteiger partial charge on any atom is -0.508 e. The van der Waals surface area contributed by atoms with E-state index in [9.17, 15) is 5.11 Å². The lowest BCUT2D eigenvalue weighted by molar-refractivity contribution is 0.475. The van der Waals surface area contributed by atoms with Gasteiger partial charge in [0.1, 0.15) is 5.75 Å². The molecule has 8 bridgehead atoms. The normalized spacial score (nSPS) is 12.7. The van der Waals surface area contributed by atoms with Crippen LogP contribution in [0.5, 0.6) is 5.75 Å². The summed E-state index contributed by atoms with van der Waals surface area (Å²) in [4.78, 5) is 16.5. The van der Waals surface area contributed by atoms with Crippen molar-refractivity contribution in [1.29, 1.82) is 0 Å². The van der Waals surface area contributed by atoms with Gasteiger partial charge in [-0.2, -0.15) is 0 Å². The van der Waals surface area contributed by atoms with Crippen molar-refractivity contribution in [2.75, 3.05) is 0 Å². The van der Waals surface area contributed by atoms with Crippen molar-refractivity contribution in [1.82, 2.24) is 19.9 Å². The van der Waals surface area contributed by atoms with Crippen LogP contribution < -0.4 is 0 Å². The summed E-state index contributed by atoms with van der Waals surface area (Å²) in [6.07, 6.45) is 6.04. The van der Waals surface area contributed by atoms with E-state index in [-0.39, 0.29) is 5.75 Å². The molecule has 0 atom stereocenters. The second-order valence-electron chi connectivity index (χ2n) is 7.75. The number of fused-ring (bicyclic) bond motifs is 8. The molecule has 0 saturated carbocycles. The number of phenolic OH excluding ortho intramolecular Hbond substituents is 1. The topological polar surface area (TPSA) is 77.6 Å². The van der Waals surface area contributed by atoms with Crippen LogP contribution in [0.3, 0.4) is 0 Å². The number of aromatic amines is 2. The Hall–Kier alpha value is -3.65. The standard InChI is InChI=1S/C26H17IN4O/c27-25-8-7-22(32)14-23(25)24-12-21-11-19-4-3-17(29-19)9-15-1-2-16(28-15)10-18-5-6-20(30-18)13-26(24)31-21/h1-14,28-29,32H. The van der Waals surface area contributed by atoms with Crippen molar-refractivity contribution >= 4 is 68.5 Å². The molecule has 2 aliphatic rings. The third-order valence-corrected chi connectivity index (χ3v) is 6.35. The van der Waals surface area contributed by atoms with Crippen molar-refractivity contribution < 1.29 is 5.11 Å². The summed E-state index contributed by atoms with van der Waals surface area (Å²) in [5.41, 5.74) is 9.27. The van der Waals surface area contributed by atoms with Gasteiger partial charge in [0.15, 0.2) is 0 Å². The van der Waals surface area contributed by atoms with Crippen molar-refractivity contribution in [3.8, 4) is 5.75 Å². The molecule has 0 saturated heterocycles. The van der Waals surface area contributed by atoms with Gasteiger partial charge in [0.25, 0.3) is 0 Å². The van der Waals surface area contributed by atoms with Gasteiger partial charge in [-0.05, 0) is 108 Å². The highest BCUT2D eigenvalue weighted by atomic mass is 127. The molecule has 0 unspecified atom stereocenters. The molecular weight excluding hydrogens is 511 g/mol. The monoisotopic (exact) mass is 528 g/mol. The first-order chi connectivity index (χ1) is 15.6. The maximum atomic E-state index is 10.1. The van der Waals surface area contributed by atoms with Crippen LogP contribution in [0.1, 0.15) is 28.3 Å². The molecule has 32 heavy (non-hydrogen) atoms. The largest absolute Gasteiger partial charge is 0.508 e. The van der Waals surface area contributed by atoms with Crippen LogP contribution >= 0.6 is 22.6 Å². The van der Waals surface area contributed by atoms with Crippen molar-refractivity contribution in [2.45, 2.75) is 0 Å². The van der Waals surface area contributed by atoms with Crippen LogP contribution in [0, 0.1) is 3.57 Å². The number of hydrogen-bond donors (Lipinski definition) is 3.